The molecule has 0 spiro atoms. The van der Waals surface area contributed by atoms with Gasteiger partial charge >= 0.3 is 0 Å². The van der Waals surface area contributed by atoms with E-state index in [-0.39, 0.29) is 17.6 Å². The highest BCUT2D eigenvalue weighted by Crippen LogP contribution is 2.47. The van der Waals surface area contributed by atoms with Crippen LogP contribution in [0.5, 0.6) is 5.06 Å². The highest BCUT2D eigenvalue weighted by atomic mass is 32.1. The van der Waals surface area contributed by atoms with Gasteiger partial charge in [-0.15, -0.1) is 45.3 Å². The molecule has 1 aliphatic carbocycles. The van der Waals surface area contributed by atoms with E-state index in [9.17, 15) is 9.59 Å². The fourth-order valence-electron chi connectivity index (χ4n) is 10.7. The molecule has 0 N–H and O–H groups in total. The van der Waals surface area contributed by atoms with E-state index < -0.39 is 0 Å². The molecule has 2 aliphatic rings. The summed E-state index contributed by atoms with van der Waals surface area (Å²) in [6.07, 6.45) is 25.3. The predicted octanol–water partition coefficient (Wildman–Crippen LogP) is 16.9. The van der Waals surface area contributed by atoms with Gasteiger partial charge in [0, 0.05) is 83.6 Å². The molecule has 5 nitrogen and oxygen atoms in total. The molecule has 0 saturated heterocycles. The van der Waals surface area contributed by atoms with E-state index in [1.165, 1.54) is 134 Å². The number of benzene rings is 1. The number of Topliss-reactive ketones (excluding diaryl/α,β-unsaturated/α-hetero) is 1. The van der Waals surface area contributed by atoms with Gasteiger partial charge in [-0.25, -0.2) is 0 Å². The summed E-state index contributed by atoms with van der Waals surface area (Å²) in [5.74, 6) is 0.0310. The standard InChI is InChI=1S/C58H73NO4S5/c1-9-12-14-16-17-18-19-20-21-22-23-24-25-27-29-63-44-33-42-41-32-38(7)65-54(41)46-47(55(42)68-44)49(51(60)48(46)52-35(4)30-37(6)64-52)53-36(5)31-43(67-53)56-50-45(39(8)66-56)57(61)59(58(50)62)34-40(11-3)28-26-15-13-10-2/h30-33,40H,9-29,34H2,1-8H3. The van der Waals surface area contributed by atoms with Crippen LogP contribution in [-0.2, 0) is 4.79 Å². The smallest absolute Gasteiger partial charge is 0.263 e. The molecule has 6 heterocycles. The minimum Gasteiger partial charge on any atom is -0.484 e. The Hall–Kier alpha value is -3.41. The molecule has 68 heavy (non-hydrogen) atoms. The van der Waals surface area contributed by atoms with Crippen LogP contribution in [0.2, 0.25) is 0 Å². The summed E-state index contributed by atoms with van der Waals surface area (Å²) in [5.41, 5.74) is 4.79. The van der Waals surface area contributed by atoms with Crippen LogP contribution in [0.1, 0.15) is 205 Å². The molecule has 2 amide bonds. The topological polar surface area (TPSA) is 63.7 Å². The van der Waals surface area contributed by atoms with E-state index in [2.05, 4.69) is 72.7 Å². The number of hydrogen-bond donors (Lipinski definition) is 0. The lowest BCUT2D eigenvalue weighted by Crippen LogP contribution is -2.34. The number of imide groups is 1. The van der Waals surface area contributed by atoms with E-state index in [0.29, 0.717) is 30.2 Å². The number of carbonyl (C=O) groups excluding carboxylic acids is 3. The second-order valence-electron chi connectivity index (χ2n) is 19.8. The van der Waals surface area contributed by atoms with Crippen molar-refractivity contribution in [3.05, 3.63) is 81.3 Å². The molecule has 1 aliphatic heterocycles. The van der Waals surface area contributed by atoms with Gasteiger partial charge in [0.15, 0.2) is 10.8 Å². The number of amides is 2. The first-order valence-corrected chi connectivity index (χ1v) is 30.1. The Morgan fingerprint density at radius 1 is 0.529 bits per heavy atom. The summed E-state index contributed by atoms with van der Waals surface area (Å²) in [5, 5.41) is 5.31. The summed E-state index contributed by atoms with van der Waals surface area (Å²) in [7, 11) is 0. The molecule has 10 heteroatoms. The van der Waals surface area contributed by atoms with Crippen molar-refractivity contribution in [3.63, 3.8) is 0 Å². The number of carbonyl (C=O) groups is 3. The molecule has 1 unspecified atom stereocenters. The monoisotopic (exact) mass is 1010 g/mol. The van der Waals surface area contributed by atoms with E-state index in [1.54, 1.807) is 45.3 Å². The highest BCUT2D eigenvalue weighted by Gasteiger charge is 2.42. The summed E-state index contributed by atoms with van der Waals surface area (Å²) in [6.45, 7) is 18.3. The number of ether oxygens (including phenoxy) is 1. The number of unbranched alkanes of at least 4 members (excludes halogenated alkanes) is 16. The summed E-state index contributed by atoms with van der Waals surface area (Å²) < 4.78 is 8.86. The normalized spacial score (nSPS) is 14.2. The predicted molar refractivity (Wildman–Crippen MR) is 296 cm³/mol. The molecule has 8 rings (SSSR count). The third-order valence-electron chi connectivity index (χ3n) is 14.4. The molecular weight excluding hydrogens is 935 g/mol. The summed E-state index contributed by atoms with van der Waals surface area (Å²) in [6, 6.07) is 8.88. The van der Waals surface area contributed by atoms with Crippen molar-refractivity contribution in [1.82, 2.24) is 4.90 Å². The number of ketones is 1. The van der Waals surface area contributed by atoms with Crippen LogP contribution in [0.25, 0.3) is 41.1 Å². The van der Waals surface area contributed by atoms with Gasteiger partial charge in [0.25, 0.3) is 11.8 Å². The third kappa shape index (κ3) is 10.6. The molecule has 1 aromatic carbocycles. The first-order chi connectivity index (χ1) is 33.0. The van der Waals surface area contributed by atoms with Crippen LogP contribution in [0.3, 0.4) is 0 Å². The van der Waals surface area contributed by atoms with Crippen molar-refractivity contribution < 1.29 is 19.1 Å². The fourth-order valence-corrected chi connectivity index (χ4v) is 16.4. The Morgan fingerprint density at radius 3 is 1.66 bits per heavy atom. The molecule has 1 atom stereocenters. The number of hydrogen-bond acceptors (Lipinski definition) is 9. The second kappa shape index (κ2) is 23.2. The molecule has 0 radical (unpaired) electrons. The first kappa shape index (κ1) is 51.0. The van der Waals surface area contributed by atoms with Gasteiger partial charge < -0.3 is 4.74 Å². The molecule has 0 saturated carbocycles. The second-order valence-corrected chi connectivity index (χ2v) is 25.6. The first-order valence-electron chi connectivity index (χ1n) is 26.1. The largest absolute Gasteiger partial charge is 0.484 e. The van der Waals surface area contributed by atoms with Gasteiger partial charge in [-0.2, -0.15) is 0 Å². The van der Waals surface area contributed by atoms with Crippen LogP contribution < -0.4 is 15.2 Å². The number of aryl methyl sites for hydroxylation is 5. The van der Waals surface area contributed by atoms with Crippen molar-refractivity contribution in [1.29, 1.82) is 0 Å². The zero-order valence-corrected chi connectivity index (χ0v) is 46.1. The third-order valence-corrected chi connectivity index (χ3v) is 20.2. The average Bonchev–Trinajstić information content (AvgIpc) is 4.19. The molecule has 0 fully saturated rings. The van der Waals surface area contributed by atoms with E-state index in [1.807, 2.05) is 6.92 Å². The van der Waals surface area contributed by atoms with Crippen LogP contribution in [-0.4, -0.2) is 35.6 Å². The maximum atomic E-state index is 15.5. The Bertz CT molecular complexity index is 2910. The lowest BCUT2D eigenvalue weighted by Gasteiger charge is -2.22. The van der Waals surface area contributed by atoms with Crippen molar-refractivity contribution in [2.75, 3.05) is 13.2 Å². The minimum atomic E-state index is -0.171. The maximum absolute atomic E-state index is 15.5. The van der Waals surface area contributed by atoms with Gasteiger partial charge in [-0.1, -0.05) is 148 Å². The number of rotatable bonds is 27. The minimum absolute atomic E-state index is 0.0640. The summed E-state index contributed by atoms with van der Waals surface area (Å²) >= 11 is 8.31. The van der Waals surface area contributed by atoms with Crippen LogP contribution in [0, 0.1) is 40.5 Å². The number of fused-ring (bicyclic) bond motifs is 7. The quantitative estimate of drug-likeness (QED) is 0.0381. The number of thiophene rings is 5. The van der Waals surface area contributed by atoms with Crippen molar-refractivity contribution in [2.45, 2.75) is 184 Å². The highest BCUT2D eigenvalue weighted by molar-refractivity contribution is 7.24. The number of nitrogens with zero attached hydrogens (tertiary/aromatic N) is 1. The molecular formula is C58H73NO4S5. The average molecular weight is 1010 g/mol. The zero-order chi connectivity index (χ0) is 48.1. The fraction of sp³-hybridized carbons (Fsp3) is 0.534. The van der Waals surface area contributed by atoms with Crippen molar-refractivity contribution in [2.24, 2.45) is 5.92 Å². The van der Waals surface area contributed by atoms with E-state index in [0.717, 1.165) is 103 Å². The maximum Gasteiger partial charge on any atom is 0.263 e. The van der Waals surface area contributed by atoms with Crippen molar-refractivity contribution in [3.8, 4) is 14.8 Å². The van der Waals surface area contributed by atoms with Crippen molar-refractivity contribution >= 4 is 106 Å². The Labute approximate surface area is 425 Å². The summed E-state index contributed by atoms with van der Waals surface area (Å²) in [4.78, 5) is 52.6. The zero-order valence-electron chi connectivity index (χ0n) is 42.1. The molecule has 6 aromatic rings. The van der Waals surface area contributed by atoms with E-state index >= 15 is 4.79 Å². The van der Waals surface area contributed by atoms with Gasteiger partial charge in [0.05, 0.1) is 22.6 Å². The van der Waals surface area contributed by atoms with Crippen LogP contribution >= 0.6 is 56.7 Å². The van der Waals surface area contributed by atoms with Crippen LogP contribution in [0.15, 0.2) is 24.3 Å². The molecule has 364 valence electrons. The Morgan fingerprint density at radius 2 is 1.06 bits per heavy atom. The lowest BCUT2D eigenvalue weighted by atomic mass is 9.97. The Kier molecular flexibility index (Phi) is 17.4. The van der Waals surface area contributed by atoms with Gasteiger partial charge in [0.2, 0.25) is 0 Å². The molecule has 5 aromatic heterocycles. The lowest BCUT2D eigenvalue weighted by molar-refractivity contribution is -0.108. The SMILES string of the molecule is CCCCCCCCCCCCCCCCOc1cc2c(s1)c1c(c3sc(C)cc32)=C(c2sc(C)cc2C)C(=O)C=1c1sc(-c2sc(C)c3c2C(=O)N(CC(CC)CCCCCC)C3=O)cc1C. The van der Waals surface area contributed by atoms with Gasteiger partial charge in [-0.3, -0.25) is 19.3 Å². The van der Waals surface area contributed by atoms with Crippen LogP contribution in [0.4, 0.5) is 0 Å². The Balaban J connectivity index is 1.09. The molecule has 0 bridgehead atoms. The van der Waals surface area contributed by atoms with Gasteiger partial charge in [-0.05, 0) is 82.7 Å². The van der Waals surface area contributed by atoms with Gasteiger partial charge in [0.1, 0.15) is 0 Å². The van der Waals surface area contributed by atoms with E-state index in [4.69, 9.17) is 4.74 Å².